The number of unbranched alkanes of at least 4 members (excludes halogenated alkanes) is 1. The summed E-state index contributed by atoms with van der Waals surface area (Å²) in [5, 5.41) is 6.95. The largest absolute Gasteiger partial charge is 0.388 e. The molecule has 4 nitrogen and oxygen atoms in total. The fourth-order valence-corrected chi connectivity index (χ4v) is 0.908. The maximum absolute atomic E-state index is 10.6. The van der Waals surface area contributed by atoms with Gasteiger partial charge in [0.05, 0.1) is 5.84 Å². The minimum atomic E-state index is -0.252. The van der Waals surface area contributed by atoms with Gasteiger partial charge in [-0.15, -0.1) is 0 Å². The Bertz CT molecular complexity index is 168. The Morgan fingerprint density at radius 2 is 2.00 bits per heavy atom. The van der Waals surface area contributed by atoms with Crippen LogP contribution in [0.2, 0.25) is 0 Å². The molecule has 0 fully saturated rings. The van der Waals surface area contributed by atoms with Gasteiger partial charge in [0.25, 0.3) is 0 Å². The van der Waals surface area contributed by atoms with Gasteiger partial charge in [-0.05, 0) is 12.8 Å². The number of primary amides is 1. The van der Waals surface area contributed by atoms with Crippen LogP contribution in [0.1, 0.15) is 32.6 Å². The van der Waals surface area contributed by atoms with Gasteiger partial charge in [-0.3, -0.25) is 10.2 Å². The van der Waals surface area contributed by atoms with E-state index in [4.69, 9.17) is 16.9 Å². The molecule has 0 bridgehead atoms. The molecule has 1 amide bonds. The number of carbonyl (C=O) groups excluding carboxylic acids is 1. The highest BCUT2D eigenvalue weighted by Gasteiger charge is 2.07. The van der Waals surface area contributed by atoms with E-state index in [2.05, 4.69) is 0 Å². The third-order valence-electron chi connectivity index (χ3n) is 1.82. The number of rotatable bonds is 6. The summed E-state index contributed by atoms with van der Waals surface area (Å²) in [6.45, 7) is 1.82. The number of nitrogens with two attached hydrogens (primary N) is 2. The van der Waals surface area contributed by atoms with Crippen LogP contribution in [-0.4, -0.2) is 11.7 Å². The third kappa shape index (κ3) is 5.70. The van der Waals surface area contributed by atoms with Crippen LogP contribution in [0.5, 0.6) is 0 Å². The zero-order valence-corrected chi connectivity index (χ0v) is 7.47. The Hall–Kier alpha value is -1.06. The first-order valence-electron chi connectivity index (χ1n) is 4.16. The third-order valence-corrected chi connectivity index (χ3v) is 1.82. The minimum absolute atomic E-state index is 0.0584. The van der Waals surface area contributed by atoms with Crippen LogP contribution in [-0.2, 0) is 4.79 Å². The standard InChI is InChI=1S/C8H17N3O/c1-6(8(11)12)4-2-3-5-7(9)10/h6H,2-5H2,1H3,(H3,9,10)(H2,11,12). The first-order chi connectivity index (χ1) is 5.54. The van der Waals surface area contributed by atoms with Gasteiger partial charge >= 0.3 is 0 Å². The molecule has 0 saturated carbocycles. The van der Waals surface area contributed by atoms with E-state index < -0.39 is 0 Å². The smallest absolute Gasteiger partial charge is 0.220 e. The summed E-state index contributed by atoms with van der Waals surface area (Å²) in [5.74, 6) is -0.100. The molecular formula is C8H17N3O. The molecule has 0 aromatic heterocycles. The summed E-state index contributed by atoms with van der Waals surface area (Å²) in [4.78, 5) is 10.6. The molecule has 4 heteroatoms. The molecule has 70 valence electrons. The number of nitrogens with one attached hydrogen (secondary N) is 1. The minimum Gasteiger partial charge on any atom is -0.388 e. The Balaban J connectivity index is 3.31. The van der Waals surface area contributed by atoms with Crippen LogP contribution in [0.25, 0.3) is 0 Å². The van der Waals surface area contributed by atoms with Gasteiger partial charge < -0.3 is 11.5 Å². The summed E-state index contributed by atoms with van der Waals surface area (Å²) < 4.78 is 0. The van der Waals surface area contributed by atoms with Crippen molar-refractivity contribution in [3.05, 3.63) is 0 Å². The second kappa shape index (κ2) is 5.57. The van der Waals surface area contributed by atoms with Crippen molar-refractivity contribution in [3.8, 4) is 0 Å². The van der Waals surface area contributed by atoms with E-state index in [0.29, 0.717) is 6.42 Å². The Kier molecular flexibility index (Phi) is 5.08. The van der Waals surface area contributed by atoms with Crippen molar-refractivity contribution < 1.29 is 4.79 Å². The molecule has 0 aromatic carbocycles. The van der Waals surface area contributed by atoms with Crippen LogP contribution in [0.4, 0.5) is 0 Å². The lowest BCUT2D eigenvalue weighted by atomic mass is 10.0. The highest BCUT2D eigenvalue weighted by atomic mass is 16.1. The average molecular weight is 171 g/mol. The monoisotopic (exact) mass is 171 g/mol. The summed E-state index contributed by atoms with van der Waals surface area (Å²) in [6, 6.07) is 0. The summed E-state index contributed by atoms with van der Waals surface area (Å²) >= 11 is 0. The Morgan fingerprint density at radius 1 is 1.42 bits per heavy atom. The second-order valence-corrected chi connectivity index (χ2v) is 3.07. The van der Waals surface area contributed by atoms with E-state index in [1.165, 1.54) is 0 Å². The van der Waals surface area contributed by atoms with Gasteiger partial charge in [0.15, 0.2) is 0 Å². The fourth-order valence-electron chi connectivity index (χ4n) is 0.908. The SMILES string of the molecule is CC(CCCCC(=N)N)C(N)=O. The number of carbonyl (C=O) groups is 1. The average Bonchev–Trinajstić information content (AvgIpc) is 1.97. The summed E-state index contributed by atoms with van der Waals surface area (Å²) in [7, 11) is 0. The second-order valence-electron chi connectivity index (χ2n) is 3.07. The molecule has 0 radical (unpaired) electrons. The lowest BCUT2D eigenvalue weighted by Crippen LogP contribution is -2.20. The molecule has 12 heavy (non-hydrogen) atoms. The van der Waals surface area contributed by atoms with Gasteiger partial charge in [0.2, 0.25) is 5.91 Å². The zero-order valence-electron chi connectivity index (χ0n) is 7.47. The molecule has 0 rings (SSSR count). The van der Waals surface area contributed by atoms with Crippen LogP contribution in [0.15, 0.2) is 0 Å². The van der Waals surface area contributed by atoms with Gasteiger partial charge in [-0.25, -0.2) is 0 Å². The molecule has 0 aromatic rings. The van der Waals surface area contributed by atoms with Crippen molar-refractivity contribution in [2.24, 2.45) is 17.4 Å². The van der Waals surface area contributed by atoms with Crippen molar-refractivity contribution in [2.45, 2.75) is 32.6 Å². The van der Waals surface area contributed by atoms with Gasteiger partial charge in [0.1, 0.15) is 0 Å². The van der Waals surface area contributed by atoms with E-state index in [9.17, 15) is 4.79 Å². The van der Waals surface area contributed by atoms with E-state index in [1.54, 1.807) is 0 Å². The van der Waals surface area contributed by atoms with Crippen molar-refractivity contribution >= 4 is 11.7 Å². The molecule has 0 aliphatic heterocycles. The molecular weight excluding hydrogens is 154 g/mol. The molecule has 0 saturated heterocycles. The normalized spacial score (nSPS) is 12.4. The molecule has 0 heterocycles. The van der Waals surface area contributed by atoms with Crippen LogP contribution < -0.4 is 11.5 Å². The maximum atomic E-state index is 10.6. The number of amidine groups is 1. The summed E-state index contributed by atoms with van der Waals surface area (Å²) in [6.07, 6.45) is 3.19. The molecule has 1 atom stereocenters. The van der Waals surface area contributed by atoms with Crippen LogP contribution in [0.3, 0.4) is 0 Å². The number of amides is 1. The van der Waals surface area contributed by atoms with Gasteiger partial charge in [-0.1, -0.05) is 13.3 Å². The lowest BCUT2D eigenvalue weighted by molar-refractivity contribution is -0.121. The molecule has 0 spiro atoms. The number of hydrogen-bond donors (Lipinski definition) is 3. The Morgan fingerprint density at radius 3 is 2.42 bits per heavy atom. The predicted octanol–water partition coefficient (Wildman–Crippen LogP) is 0.604. The fraction of sp³-hybridized carbons (Fsp3) is 0.750. The lowest BCUT2D eigenvalue weighted by Gasteiger charge is -2.05. The highest BCUT2D eigenvalue weighted by Crippen LogP contribution is 2.08. The maximum Gasteiger partial charge on any atom is 0.220 e. The summed E-state index contributed by atoms with van der Waals surface area (Å²) in [5.41, 5.74) is 10.2. The van der Waals surface area contributed by atoms with E-state index in [0.717, 1.165) is 19.3 Å². The molecule has 0 aliphatic carbocycles. The van der Waals surface area contributed by atoms with Crippen molar-refractivity contribution in [2.75, 3.05) is 0 Å². The molecule has 0 aliphatic rings. The van der Waals surface area contributed by atoms with Crippen LogP contribution in [0, 0.1) is 11.3 Å². The van der Waals surface area contributed by atoms with Gasteiger partial charge in [0, 0.05) is 12.3 Å². The van der Waals surface area contributed by atoms with Crippen molar-refractivity contribution in [3.63, 3.8) is 0 Å². The predicted molar refractivity (Wildman–Crippen MR) is 48.7 cm³/mol. The van der Waals surface area contributed by atoms with E-state index in [1.807, 2.05) is 6.92 Å². The quantitative estimate of drug-likeness (QED) is 0.310. The highest BCUT2D eigenvalue weighted by molar-refractivity contribution is 5.77. The first kappa shape index (κ1) is 10.9. The number of hydrogen-bond acceptors (Lipinski definition) is 2. The topological polar surface area (TPSA) is 93.0 Å². The first-order valence-corrected chi connectivity index (χ1v) is 4.16. The van der Waals surface area contributed by atoms with Crippen molar-refractivity contribution in [1.82, 2.24) is 0 Å². The Labute approximate surface area is 72.8 Å². The van der Waals surface area contributed by atoms with Crippen molar-refractivity contribution in [1.29, 1.82) is 5.41 Å². The molecule has 1 unspecified atom stereocenters. The van der Waals surface area contributed by atoms with Crippen LogP contribution >= 0.6 is 0 Å². The molecule has 5 N–H and O–H groups in total. The van der Waals surface area contributed by atoms with Gasteiger partial charge in [-0.2, -0.15) is 0 Å². The van der Waals surface area contributed by atoms with E-state index in [-0.39, 0.29) is 17.7 Å². The van der Waals surface area contributed by atoms with E-state index >= 15 is 0 Å². The zero-order chi connectivity index (χ0) is 9.56.